The molecule has 0 fully saturated rings. The predicted octanol–water partition coefficient (Wildman–Crippen LogP) is 3.78. The first kappa shape index (κ1) is 17.2. The summed E-state index contributed by atoms with van der Waals surface area (Å²) in [6.07, 6.45) is 0.742. The monoisotopic (exact) mass is 332 g/mol. The fourth-order valence-electron chi connectivity index (χ4n) is 2.26. The standard InChI is InChI=1S/C18H21ClN2O2/c1-13(10-15-4-3-5-17(11-15)23-2)21-18(22)20-12-14-6-8-16(19)9-7-14/h3-9,11,13H,10,12H2,1-2H3,(H2,20,21,22). The molecule has 0 aliphatic rings. The number of nitrogens with one attached hydrogen (secondary N) is 2. The van der Waals surface area contributed by atoms with Gasteiger partial charge < -0.3 is 15.4 Å². The van der Waals surface area contributed by atoms with Gasteiger partial charge in [0.15, 0.2) is 0 Å². The zero-order valence-electron chi connectivity index (χ0n) is 13.3. The Labute approximate surface area is 141 Å². The Hall–Kier alpha value is -2.20. The first-order valence-electron chi connectivity index (χ1n) is 7.48. The molecule has 2 aromatic rings. The molecule has 2 aromatic carbocycles. The Morgan fingerprint density at radius 2 is 1.91 bits per heavy atom. The lowest BCUT2D eigenvalue weighted by Gasteiger charge is -2.15. The molecule has 0 aliphatic carbocycles. The predicted molar refractivity (Wildman–Crippen MR) is 93.0 cm³/mol. The largest absolute Gasteiger partial charge is 0.497 e. The number of hydrogen-bond donors (Lipinski definition) is 2. The molecule has 2 rings (SSSR count). The maximum Gasteiger partial charge on any atom is 0.315 e. The zero-order valence-corrected chi connectivity index (χ0v) is 14.1. The Morgan fingerprint density at radius 3 is 2.61 bits per heavy atom. The van der Waals surface area contributed by atoms with Crippen LogP contribution in [0.4, 0.5) is 4.79 Å². The summed E-state index contributed by atoms with van der Waals surface area (Å²) in [7, 11) is 1.64. The number of urea groups is 1. The maximum atomic E-state index is 11.9. The zero-order chi connectivity index (χ0) is 16.7. The molecule has 23 heavy (non-hydrogen) atoms. The number of amides is 2. The molecule has 5 heteroatoms. The summed E-state index contributed by atoms with van der Waals surface area (Å²) in [4.78, 5) is 11.9. The Kier molecular flexibility index (Phi) is 6.29. The highest BCUT2D eigenvalue weighted by molar-refractivity contribution is 6.30. The van der Waals surface area contributed by atoms with Crippen molar-refractivity contribution in [2.45, 2.75) is 25.9 Å². The molecule has 0 aliphatic heterocycles. The van der Waals surface area contributed by atoms with Crippen LogP contribution in [0.15, 0.2) is 48.5 Å². The van der Waals surface area contributed by atoms with Crippen molar-refractivity contribution >= 4 is 17.6 Å². The minimum atomic E-state index is -0.185. The van der Waals surface area contributed by atoms with E-state index in [-0.39, 0.29) is 12.1 Å². The van der Waals surface area contributed by atoms with E-state index in [4.69, 9.17) is 16.3 Å². The van der Waals surface area contributed by atoms with Gasteiger partial charge in [0.1, 0.15) is 5.75 Å². The Morgan fingerprint density at radius 1 is 1.17 bits per heavy atom. The van der Waals surface area contributed by atoms with Gasteiger partial charge in [-0.05, 0) is 48.7 Å². The molecule has 0 heterocycles. The normalized spacial score (nSPS) is 11.6. The summed E-state index contributed by atoms with van der Waals surface area (Å²) >= 11 is 5.83. The molecular weight excluding hydrogens is 312 g/mol. The third-order valence-corrected chi connectivity index (χ3v) is 3.67. The molecule has 122 valence electrons. The van der Waals surface area contributed by atoms with E-state index in [1.54, 1.807) is 7.11 Å². The van der Waals surface area contributed by atoms with E-state index < -0.39 is 0 Å². The summed E-state index contributed by atoms with van der Waals surface area (Å²) in [5.74, 6) is 0.821. The van der Waals surface area contributed by atoms with Crippen molar-refractivity contribution < 1.29 is 9.53 Å². The second-order valence-electron chi connectivity index (χ2n) is 5.41. The first-order valence-corrected chi connectivity index (χ1v) is 7.86. The van der Waals surface area contributed by atoms with Gasteiger partial charge >= 0.3 is 6.03 Å². The number of carbonyl (C=O) groups is 1. The van der Waals surface area contributed by atoms with Crippen molar-refractivity contribution in [3.63, 3.8) is 0 Å². The van der Waals surface area contributed by atoms with Crippen molar-refractivity contribution in [1.29, 1.82) is 0 Å². The van der Waals surface area contributed by atoms with Gasteiger partial charge in [-0.1, -0.05) is 35.9 Å². The average Bonchev–Trinajstić information content (AvgIpc) is 2.54. The summed E-state index contributed by atoms with van der Waals surface area (Å²) in [5.41, 5.74) is 2.12. The third kappa shape index (κ3) is 5.83. The van der Waals surface area contributed by atoms with Crippen LogP contribution >= 0.6 is 11.6 Å². The van der Waals surface area contributed by atoms with E-state index in [0.717, 1.165) is 23.3 Å². The van der Waals surface area contributed by atoms with Crippen LogP contribution in [0.2, 0.25) is 5.02 Å². The van der Waals surface area contributed by atoms with E-state index in [1.165, 1.54) is 0 Å². The fraction of sp³-hybridized carbons (Fsp3) is 0.278. The van der Waals surface area contributed by atoms with E-state index >= 15 is 0 Å². The van der Waals surface area contributed by atoms with Crippen LogP contribution < -0.4 is 15.4 Å². The molecule has 4 nitrogen and oxygen atoms in total. The smallest absolute Gasteiger partial charge is 0.315 e. The number of halogens is 1. The molecule has 0 bridgehead atoms. The summed E-state index contributed by atoms with van der Waals surface area (Å²) in [6.45, 7) is 2.44. The lowest BCUT2D eigenvalue weighted by atomic mass is 10.1. The third-order valence-electron chi connectivity index (χ3n) is 3.42. The number of methoxy groups -OCH3 is 1. The molecule has 0 radical (unpaired) electrons. The quantitative estimate of drug-likeness (QED) is 0.845. The molecule has 0 saturated carbocycles. The van der Waals surface area contributed by atoms with Crippen LogP contribution in [0.5, 0.6) is 5.75 Å². The van der Waals surface area contributed by atoms with Crippen LogP contribution in [-0.4, -0.2) is 19.2 Å². The second-order valence-corrected chi connectivity index (χ2v) is 5.85. The number of carbonyl (C=O) groups excluding carboxylic acids is 1. The average molecular weight is 333 g/mol. The van der Waals surface area contributed by atoms with Gasteiger partial charge in [-0.2, -0.15) is 0 Å². The molecule has 2 amide bonds. The van der Waals surface area contributed by atoms with E-state index in [2.05, 4.69) is 10.6 Å². The highest BCUT2D eigenvalue weighted by Gasteiger charge is 2.08. The van der Waals surface area contributed by atoms with Crippen LogP contribution in [0, 0.1) is 0 Å². The van der Waals surface area contributed by atoms with Crippen molar-refractivity contribution in [2.75, 3.05) is 7.11 Å². The number of ether oxygens (including phenoxy) is 1. The summed E-state index contributed by atoms with van der Waals surface area (Å²) in [6, 6.07) is 15.1. The number of rotatable bonds is 6. The molecule has 0 aromatic heterocycles. The van der Waals surface area contributed by atoms with Crippen molar-refractivity contribution in [1.82, 2.24) is 10.6 Å². The highest BCUT2D eigenvalue weighted by atomic mass is 35.5. The van der Waals surface area contributed by atoms with E-state index in [0.29, 0.717) is 11.6 Å². The van der Waals surface area contributed by atoms with Gasteiger partial charge in [0.2, 0.25) is 0 Å². The minimum Gasteiger partial charge on any atom is -0.497 e. The van der Waals surface area contributed by atoms with Gasteiger partial charge in [0, 0.05) is 17.6 Å². The van der Waals surface area contributed by atoms with Crippen molar-refractivity contribution in [3.8, 4) is 5.75 Å². The summed E-state index contributed by atoms with van der Waals surface area (Å²) in [5, 5.41) is 6.46. The van der Waals surface area contributed by atoms with E-state index in [1.807, 2.05) is 55.5 Å². The SMILES string of the molecule is COc1cccc(CC(C)NC(=O)NCc2ccc(Cl)cc2)c1. The molecular formula is C18H21ClN2O2. The lowest BCUT2D eigenvalue weighted by molar-refractivity contribution is 0.237. The number of hydrogen-bond acceptors (Lipinski definition) is 2. The second kappa shape index (κ2) is 8.44. The van der Waals surface area contributed by atoms with Gasteiger partial charge in [0.25, 0.3) is 0 Å². The number of benzene rings is 2. The summed E-state index contributed by atoms with van der Waals surface area (Å²) < 4.78 is 5.20. The van der Waals surface area contributed by atoms with Gasteiger partial charge in [-0.15, -0.1) is 0 Å². The molecule has 1 unspecified atom stereocenters. The van der Waals surface area contributed by atoms with Crippen LogP contribution in [0.25, 0.3) is 0 Å². The van der Waals surface area contributed by atoms with Crippen LogP contribution in [0.1, 0.15) is 18.1 Å². The molecule has 0 spiro atoms. The van der Waals surface area contributed by atoms with Crippen LogP contribution in [-0.2, 0) is 13.0 Å². The molecule has 1 atom stereocenters. The topological polar surface area (TPSA) is 50.4 Å². The molecule has 2 N–H and O–H groups in total. The first-order chi connectivity index (χ1) is 11.1. The Balaban J connectivity index is 1.78. The van der Waals surface area contributed by atoms with Gasteiger partial charge in [0.05, 0.1) is 7.11 Å². The minimum absolute atomic E-state index is 0.0207. The van der Waals surface area contributed by atoms with Gasteiger partial charge in [-0.25, -0.2) is 4.79 Å². The van der Waals surface area contributed by atoms with Crippen molar-refractivity contribution in [3.05, 3.63) is 64.7 Å². The Bertz CT molecular complexity index is 644. The lowest BCUT2D eigenvalue weighted by Crippen LogP contribution is -2.41. The van der Waals surface area contributed by atoms with Crippen LogP contribution in [0.3, 0.4) is 0 Å². The highest BCUT2D eigenvalue weighted by Crippen LogP contribution is 2.14. The van der Waals surface area contributed by atoms with Crippen molar-refractivity contribution in [2.24, 2.45) is 0 Å². The molecule has 0 saturated heterocycles. The fourth-order valence-corrected chi connectivity index (χ4v) is 2.39. The maximum absolute atomic E-state index is 11.9. The van der Waals surface area contributed by atoms with Gasteiger partial charge in [-0.3, -0.25) is 0 Å². The van der Waals surface area contributed by atoms with E-state index in [9.17, 15) is 4.79 Å².